The Labute approximate surface area is 175 Å². The summed E-state index contributed by atoms with van der Waals surface area (Å²) in [6.07, 6.45) is -0.367. The zero-order valence-corrected chi connectivity index (χ0v) is 16.9. The van der Waals surface area contributed by atoms with Crippen LogP contribution in [0.5, 0.6) is 11.5 Å². The second-order valence-electron chi connectivity index (χ2n) is 7.14. The van der Waals surface area contributed by atoms with Crippen LogP contribution >= 0.6 is 0 Å². The van der Waals surface area contributed by atoms with Crippen LogP contribution in [0, 0.1) is 17.8 Å². The minimum Gasteiger partial charge on any atom is -0.497 e. The van der Waals surface area contributed by atoms with Crippen LogP contribution in [0.15, 0.2) is 48.5 Å². The lowest BCUT2D eigenvalue weighted by Crippen LogP contribution is -2.45. The molecule has 30 heavy (non-hydrogen) atoms. The molecule has 0 saturated carbocycles. The summed E-state index contributed by atoms with van der Waals surface area (Å²) in [7, 11) is 3.12. The molecule has 7 nitrogen and oxygen atoms in total. The predicted octanol–water partition coefficient (Wildman–Crippen LogP) is 2.66. The van der Waals surface area contributed by atoms with Gasteiger partial charge in [0.25, 0.3) is 0 Å². The van der Waals surface area contributed by atoms with E-state index in [1.165, 1.54) is 0 Å². The van der Waals surface area contributed by atoms with E-state index in [4.69, 9.17) is 18.9 Å². The third kappa shape index (κ3) is 4.51. The Bertz CT molecular complexity index is 931. The number of hydrogen-bond acceptors (Lipinski definition) is 5. The molecule has 0 bridgehead atoms. The number of anilines is 1. The van der Waals surface area contributed by atoms with Gasteiger partial charge in [0.15, 0.2) is 0 Å². The highest BCUT2D eigenvalue weighted by Gasteiger charge is 2.47. The highest BCUT2D eigenvalue weighted by Crippen LogP contribution is 2.31. The Hall–Kier alpha value is -3.21. The highest BCUT2D eigenvalue weighted by molar-refractivity contribution is 5.90. The van der Waals surface area contributed by atoms with Gasteiger partial charge >= 0.3 is 6.03 Å². The number of amides is 2. The first kappa shape index (κ1) is 20.1. The summed E-state index contributed by atoms with van der Waals surface area (Å²) in [6.45, 7) is 0.871. The summed E-state index contributed by atoms with van der Waals surface area (Å²) < 4.78 is 22.3. The molecular weight excluding hydrogens is 384 g/mol. The highest BCUT2D eigenvalue weighted by atomic mass is 16.6. The van der Waals surface area contributed by atoms with Crippen LogP contribution < -0.4 is 20.1 Å². The molecule has 4 atom stereocenters. The van der Waals surface area contributed by atoms with Crippen molar-refractivity contribution < 1.29 is 23.7 Å². The van der Waals surface area contributed by atoms with E-state index in [9.17, 15) is 4.79 Å². The van der Waals surface area contributed by atoms with Crippen molar-refractivity contribution in [3.8, 4) is 23.3 Å². The topological polar surface area (TPSA) is 78.1 Å². The summed E-state index contributed by atoms with van der Waals surface area (Å²) in [5, 5.41) is 5.75. The molecule has 2 aliphatic heterocycles. The fourth-order valence-electron chi connectivity index (χ4n) is 3.66. The van der Waals surface area contributed by atoms with Gasteiger partial charge in [-0.1, -0.05) is 30.0 Å². The number of methoxy groups -OCH3 is 2. The molecule has 2 amide bonds. The summed E-state index contributed by atoms with van der Waals surface area (Å²) in [5.41, 5.74) is 1.53. The van der Waals surface area contributed by atoms with Gasteiger partial charge in [0.1, 0.15) is 23.7 Å². The lowest BCUT2D eigenvalue weighted by molar-refractivity contribution is 0.0666. The van der Waals surface area contributed by atoms with Crippen molar-refractivity contribution in [3.63, 3.8) is 0 Å². The van der Waals surface area contributed by atoms with Crippen molar-refractivity contribution in [1.82, 2.24) is 5.32 Å². The quantitative estimate of drug-likeness (QED) is 0.761. The number of benzene rings is 2. The van der Waals surface area contributed by atoms with Gasteiger partial charge in [0.2, 0.25) is 0 Å². The summed E-state index contributed by atoms with van der Waals surface area (Å²) in [6, 6.07) is 14.4. The Morgan fingerprint density at radius 3 is 2.40 bits per heavy atom. The molecule has 156 valence electrons. The average molecular weight is 408 g/mol. The number of rotatable bonds is 4. The maximum atomic E-state index is 12.5. The van der Waals surface area contributed by atoms with E-state index >= 15 is 0 Å². The van der Waals surface area contributed by atoms with Gasteiger partial charge in [-0.2, -0.15) is 0 Å². The van der Waals surface area contributed by atoms with Gasteiger partial charge in [-0.15, -0.1) is 0 Å². The minimum atomic E-state index is -0.345. The first-order valence-corrected chi connectivity index (χ1v) is 9.76. The molecule has 0 aliphatic carbocycles. The molecule has 2 fully saturated rings. The maximum Gasteiger partial charge on any atom is 0.319 e. The third-order valence-electron chi connectivity index (χ3n) is 5.15. The van der Waals surface area contributed by atoms with Crippen LogP contribution in [-0.4, -0.2) is 51.7 Å². The summed E-state index contributed by atoms with van der Waals surface area (Å²) >= 11 is 0. The summed E-state index contributed by atoms with van der Waals surface area (Å²) in [5.74, 6) is 7.59. The van der Waals surface area contributed by atoms with Crippen LogP contribution in [0.3, 0.4) is 0 Å². The first-order chi connectivity index (χ1) is 14.7. The van der Waals surface area contributed by atoms with Gasteiger partial charge in [0.05, 0.1) is 39.4 Å². The van der Waals surface area contributed by atoms with Gasteiger partial charge in [-0.25, -0.2) is 4.79 Å². The van der Waals surface area contributed by atoms with Crippen molar-refractivity contribution in [3.05, 3.63) is 54.1 Å². The number of nitrogens with one attached hydrogen (secondary N) is 2. The van der Waals surface area contributed by atoms with E-state index in [2.05, 4.69) is 22.5 Å². The number of fused-ring (bicyclic) bond motifs is 1. The van der Waals surface area contributed by atoms with E-state index in [-0.39, 0.29) is 30.2 Å². The van der Waals surface area contributed by atoms with E-state index in [1.54, 1.807) is 32.4 Å². The number of ether oxygens (including phenoxy) is 4. The largest absolute Gasteiger partial charge is 0.497 e. The van der Waals surface area contributed by atoms with Crippen LogP contribution in [0.25, 0.3) is 0 Å². The average Bonchev–Trinajstić information content (AvgIpc) is 3.35. The molecule has 2 unspecified atom stereocenters. The fourth-order valence-corrected chi connectivity index (χ4v) is 3.66. The minimum absolute atomic E-state index is 0.0206. The van der Waals surface area contributed by atoms with Crippen molar-refractivity contribution in [2.24, 2.45) is 5.92 Å². The van der Waals surface area contributed by atoms with Gasteiger partial charge in [-0.05, 0) is 12.1 Å². The summed E-state index contributed by atoms with van der Waals surface area (Å²) in [4.78, 5) is 12.5. The molecule has 0 aromatic heterocycles. The Morgan fingerprint density at radius 1 is 1.00 bits per heavy atom. The lowest BCUT2D eigenvalue weighted by Gasteiger charge is -2.18. The molecule has 2 aromatic carbocycles. The van der Waals surface area contributed by atoms with Crippen LogP contribution in [-0.2, 0) is 9.47 Å². The van der Waals surface area contributed by atoms with Crippen molar-refractivity contribution in [1.29, 1.82) is 0 Å². The molecule has 2 aromatic rings. The molecule has 2 aliphatic rings. The maximum absolute atomic E-state index is 12.5. The van der Waals surface area contributed by atoms with Crippen molar-refractivity contribution in [2.45, 2.75) is 18.2 Å². The van der Waals surface area contributed by atoms with Crippen LogP contribution in [0.2, 0.25) is 0 Å². The zero-order valence-electron chi connectivity index (χ0n) is 16.9. The van der Waals surface area contributed by atoms with E-state index in [0.29, 0.717) is 30.4 Å². The van der Waals surface area contributed by atoms with Gasteiger partial charge in [0, 0.05) is 29.4 Å². The standard InChI is InChI=1S/C23H24N2O5/c1-27-18-10-17(11-19(12-18)28-2)24-23(26)25-20-14-30-21-16(13-29-22(20)21)9-8-15-6-4-3-5-7-15/h3-7,10-12,16,20-22H,13-14H2,1-2H3,(H2,24,25,26)/t16-,20+,21?,22?/m1/s1. The second-order valence-corrected chi connectivity index (χ2v) is 7.14. The molecular formula is C23H24N2O5. The molecule has 4 rings (SSSR count). The van der Waals surface area contributed by atoms with Gasteiger partial charge in [-0.3, -0.25) is 0 Å². The normalized spacial score (nSPS) is 24.3. The zero-order chi connectivity index (χ0) is 20.9. The predicted molar refractivity (Wildman–Crippen MR) is 112 cm³/mol. The van der Waals surface area contributed by atoms with E-state index in [1.807, 2.05) is 30.3 Å². The number of carbonyl (C=O) groups is 1. The SMILES string of the molecule is COc1cc(NC(=O)N[C@H]2COC3C2OC[C@H]3C#Cc2ccccc2)cc(OC)c1. The smallest absolute Gasteiger partial charge is 0.319 e. The monoisotopic (exact) mass is 408 g/mol. The van der Waals surface area contributed by atoms with Crippen LogP contribution in [0.4, 0.5) is 10.5 Å². The van der Waals surface area contributed by atoms with Crippen molar-refractivity contribution in [2.75, 3.05) is 32.8 Å². The van der Waals surface area contributed by atoms with Gasteiger partial charge < -0.3 is 29.6 Å². The molecule has 7 heteroatoms. The van der Waals surface area contributed by atoms with Crippen molar-refractivity contribution >= 4 is 11.7 Å². The van der Waals surface area contributed by atoms with E-state index in [0.717, 1.165) is 5.56 Å². The Kier molecular flexibility index (Phi) is 6.07. The molecule has 0 spiro atoms. The third-order valence-corrected chi connectivity index (χ3v) is 5.15. The number of hydrogen-bond donors (Lipinski definition) is 2. The number of carbonyl (C=O) groups excluding carboxylic acids is 1. The number of urea groups is 1. The molecule has 2 heterocycles. The second kappa shape index (κ2) is 9.08. The van der Waals surface area contributed by atoms with Crippen LogP contribution in [0.1, 0.15) is 5.56 Å². The molecule has 2 N–H and O–H groups in total. The fraction of sp³-hybridized carbons (Fsp3) is 0.348. The Morgan fingerprint density at radius 2 is 1.70 bits per heavy atom. The molecule has 0 radical (unpaired) electrons. The first-order valence-electron chi connectivity index (χ1n) is 9.76. The Balaban J connectivity index is 1.36. The van der Waals surface area contributed by atoms with E-state index < -0.39 is 0 Å². The lowest BCUT2D eigenvalue weighted by atomic mass is 10.0. The molecule has 2 saturated heterocycles.